The number of H-pyrrole nitrogens is 1. The molecule has 0 aliphatic carbocycles. The fraction of sp³-hybridized carbons (Fsp3) is 0.231. The lowest BCUT2D eigenvalue weighted by Gasteiger charge is -2.35. The average molecular weight is 457 g/mol. The van der Waals surface area contributed by atoms with Crippen molar-refractivity contribution >= 4 is 33.5 Å². The molecule has 4 aromatic rings. The molecule has 1 fully saturated rings. The second kappa shape index (κ2) is 8.97. The molecule has 0 saturated carbocycles. The number of para-hydroxylation sites is 1. The van der Waals surface area contributed by atoms with Crippen LogP contribution in [0, 0.1) is 0 Å². The van der Waals surface area contributed by atoms with E-state index in [4.69, 9.17) is 0 Å². The first-order chi connectivity index (χ1) is 16.5. The van der Waals surface area contributed by atoms with Gasteiger partial charge in [-0.1, -0.05) is 48.5 Å². The topological polar surface area (TPSA) is 95.5 Å². The molecule has 5 rings (SSSR count). The van der Waals surface area contributed by atoms with Crippen LogP contribution in [0.3, 0.4) is 0 Å². The average Bonchev–Trinajstić information content (AvgIpc) is 2.88. The molecule has 172 valence electrons. The number of hydrogen-bond acceptors (Lipinski definition) is 4. The molecular weight excluding hydrogens is 432 g/mol. The third-order valence-corrected chi connectivity index (χ3v) is 6.39. The number of carbonyl (C=O) groups excluding carboxylic acids is 2. The number of amides is 2. The molecule has 0 atom stereocenters. The van der Waals surface area contributed by atoms with Crippen LogP contribution in [-0.4, -0.2) is 57.3 Å². The van der Waals surface area contributed by atoms with Gasteiger partial charge in [0.2, 0.25) is 5.91 Å². The van der Waals surface area contributed by atoms with Crippen molar-refractivity contribution in [2.24, 2.45) is 0 Å². The molecule has 2 heterocycles. The van der Waals surface area contributed by atoms with E-state index in [0.717, 1.165) is 10.8 Å². The van der Waals surface area contributed by atoms with E-state index in [1.54, 1.807) is 34.1 Å². The Labute approximate surface area is 195 Å². The maximum absolute atomic E-state index is 13.1. The van der Waals surface area contributed by atoms with Gasteiger partial charge in [0.1, 0.15) is 0 Å². The van der Waals surface area contributed by atoms with Crippen LogP contribution in [0.4, 0.5) is 0 Å². The molecule has 8 nitrogen and oxygen atoms in total. The van der Waals surface area contributed by atoms with Crippen molar-refractivity contribution in [1.29, 1.82) is 0 Å². The van der Waals surface area contributed by atoms with Crippen molar-refractivity contribution in [3.05, 3.63) is 93.1 Å². The summed E-state index contributed by atoms with van der Waals surface area (Å²) in [7, 11) is 0. The van der Waals surface area contributed by atoms with Crippen LogP contribution in [0.1, 0.15) is 16.8 Å². The fourth-order valence-electron chi connectivity index (χ4n) is 4.57. The van der Waals surface area contributed by atoms with E-state index >= 15 is 0 Å². The van der Waals surface area contributed by atoms with Gasteiger partial charge in [-0.25, -0.2) is 4.79 Å². The third-order valence-electron chi connectivity index (χ3n) is 6.39. The third kappa shape index (κ3) is 3.98. The number of rotatable bonds is 4. The number of hydrogen-bond donors (Lipinski definition) is 1. The minimum Gasteiger partial charge on any atom is -0.339 e. The first-order valence-electron chi connectivity index (χ1n) is 11.3. The van der Waals surface area contributed by atoms with E-state index < -0.39 is 11.2 Å². The van der Waals surface area contributed by atoms with Crippen LogP contribution in [0.2, 0.25) is 0 Å². The molecule has 0 bridgehead atoms. The van der Waals surface area contributed by atoms with Gasteiger partial charge < -0.3 is 9.80 Å². The van der Waals surface area contributed by atoms with E-state index in [2.05, 4.69) is 4.98 Å². The highest BCUT2D eigenvalue weighted by molar-refractivity contribution is 6.07. The molecule has 34 heavy (non-hydrogen) atoms. The summed E-state index contributed by atoms with van der Waals surface area (Å²) >= 11 is 0. The number of nitrogens with zero attached hydrogens (tertiary/aromatic N) is 3. The molecule has 8 heteroatoms. The maximum atomic E-state index is 13.1. The van der Waals surface area contributed by atoms with Crippen molar-refractivity contribution in [3.63, 3.8) is 0 Å². The number of fused-ring (bicyclic) bond motifs is 2. The van der Waals surface area contributed by atoms with Gasteiger partial charge in [0.25, 0.3) is 11.5 Å². The van der Waals surface area contributed by atoms with E-state index in [-0.39, 0.29) is 24.8 Å². The summed E-state index contributed by atoms with van der Waals surface area (Å²) in [6.07, 6.45) is 0.132. The SMILES string of the molecule is O=C(CCn1c(=O)[nH]c(=O)c2ccccc21)N1CCN(C(=O)c2cccc3ccccc23)CC1. The zero-order chi connectivity index (χ0) is 23.7. The monoisotopic (exact) mass is 456 g/mol. The van der Waals surface area contributed by atoms with Gasteiger partial charge in [0.05, 0.1) is 10.9 Å². The normalized spacial score (nSPS) is 14.0. The Morgan fingerprint density at radius 3 is 2.21 bits per heavy atom. The van der Waals surface area contributed by atoms with Gasteiger partial charge in [-0.2, -0.15) is 0 Å². The van der Waals surface area contributed by atoms with Gasteiger partial charge >= 0.3 is 5.69 Å². The summed E-state index contributed by atoms with van der Waals surface area (Å²) in [4.78, 5) is 56.2. The number of benzene rings is 3. The first kappa shape index (κ1) is 21.6. The molecule has 1 aliphatic rings. The second-order valence-corrected chi connectivity index (χ2v) is 8.38. The van der Waals surface area contributed by atoms with Crippen LogP contribution >= 0.6 is 0 Å². The number of aromatic amines is 1. The Hall–Kier alpha value is -4.20. The van der Waals surface area contributed by atoms with Crippen LogP contribution in [0.15, 0.2) is 76.3 Å². The van der Waals surface area contributed by atoms with Crippen LogP contribution < -0.4 is 11.2 Å². The summed E-state index contributed by atoms with van der Waals surface area (Å²) in [5.41, 5.74) is 0.217. The highest BCUT2D eigenvalue weighted by Crippen LogP contribution is 2.21. The zero-order valence-electron chi connectivity index (χ0n) is 18.6. The fourth-order valence-corrected chi connectivity index (χ4v) is 4.57. The summed E-state index contributed by atoms with van der Waals surface area (Å²) in [6, 6.07) is 20.4. The number of aryl methyl sites for hydroxylation is 1. The lowest BCUT2D eigenvalue weighted by atomic mass is 10.0. The van der Waals surface area contributed by atoms with Crippen molar-refractivity contribution in [2.75, 3.05) is 26.2 Å². The highest BCUT2D eigenvalue weighted by Gasteiger charge is 2.25. The largest absolute Gasteiger partial charge is 0.339 e. The quantitative estimate of drug-likeness (QED) is 0.509. The zero-order valence-corrected chi connectivity index (χ0v) is 18.6. The van der Waals surface area contributed by atoms with E-state index in [1.165, 1.54) is 4.57 Å². The maximum Gasteiger partial charge on any atom is 0.328 e. The van der Waals surface area contributed by atoms with Gasteiger partial charge in [-0.05, 0) is 29.0 Å². The van der Waals surface area contributed by atoms with Gasteiger partial charge in [0, 0.05) is 44.7 Å². The highest BCUT2D eigenvalue weighted by atomic mass is 16.2. The summed E-state index contributed by atoms with van der Waals surface area (Å²) < 4.78 is 1.43. The molecule has 1 aromatic heterocycles. The van der Waals surface area contributed by atoms with Crippen molar-refractivity contribution < 1.29 is 9.59 Å². The predicted octanol–water partition coefficient (Wildman–Crippen LogP) is 2.22. The Bertz CT molecular complexity index is 1510. The molecule has 1 aliphatic heterocycles. The Balaban J connectivity index is 1.24. The van der Waals surface area contributed by atoms with E-state index in [0.29, 0.717) is 42.6 Å². The van der Waals surface area contributed by atoms with Crippen LogP contribution in [-0.2, 0) is 11.3 Å². The number of aromatic nitrogens is 2. The first-order valence-corrected chi connectivity index (χ1v) is 11.3. The minimum absolute atomic E-state index is 0.0323. The minimum atomic E-state index is -0.526. The number of carbonyl (C=O) groups is 2. The number of piperazine rings is 1. The van der Waals surface area contributed by atoms with E-state index in [1.807, 2.05) is 42.5 Å². The molecule has 2 amide bonds. The summed E-state index contributed by atoms with van der Waals surface area (Å²) in [6.45, 7) is 1.96. The molecule has 1 saturated heterocycles. The second-order valence-electron chi connectivity index (χ2n) is 8.38. The Kier molecular flexibility index (Phi) is 5.71. The Morgan fingerprint density at radius 1 is 0.765 bits per heavy atom. The van der Waals surface area contributed by atoms with Crippen molar-refractivity contribution in [1.82, 2.24) is 19.4 Å². The van der Waals surface area contributed by atoms with Crippen molar-refractivity contribution in [2.45, 2.75) is 13.0 Å². The van der Waals surface area contributed by atoms with Crippen molar-refractivity contribution in [3.8, 4) is 0 Å². The van der Waals surface area contributed by atoms with Gasteiger partial charge in [-0.15, -0.1) is 0 Å². The standard InChI is InChI=1S/C26H24N4O4/c31-23(12-13-30-22-11-4-3-9-21(22)24(32)27-26(30)34)28-14-16-29(17-15-28)25(33)20-10-5-7-18-6-1-2-8-19(18)20/h1-11H,12-17H2,(H,27,32,34). The summed E-state index contributed by atoms with van der Waals surface area (Å²) in [5.74, 6) is -0.116. The molecule has 1 N–H and O–H groups in total. The van der Waals surface area contributed by atoms with Gasteiger partial charge in [0.15, 0.2) is 0 Å². The smallest absolute Gasteiger partial charge is 0.328 e. The molecular formula is C26H24N4O4. The van der Waals surface area contributed by atoms with E-state index in [9.17, 15) is 19.2 Å². The molecule has 0 radical (unpaired) electrons. The molecule has 0 unspecified atom stereocenters. The lowest BCUT2D eigenvalue weighted by Crippen LogP contribution is -2.50. The summed E-state index contributed by atoms with van der Waals surface area (Å²) in [5, 5.41) is 2.36. The van der Waals surface area contributed by atoms with Crippen LogP contribution in [0.25, 0.3) is 21.7 Å². The predicted molar refractivity (Wildman–Crippen MR) is 130 cm³/mol. The number of nitrogens with one attached hydrogen (secondary N) is 1. The Morgan fingerprint density at radius 2 is 1.41 bits per heavy atom. The van der Waals surface area contributed by atoms with Gasteiger partial charge in [-0.3, -0.25) is 23.9 Å². The lowest BCUT2D eigenvalue weighted by molar-refractivity contribution is -0.132. The molecule has 3 aromatic carbocycles. The van der Waals surface area contributed by atoms with Crippen LogP contribution in [0.5, 0.6) is 0 Å². The molecule has 0 spiro atoms.